The highest BCUT2D eigenvalue weighted by Crippen LogP contribution is 2.24. The largest absolute Gasteiger partial charge is 0.464 e. The van der Waals surface area contributed by atoms with Crippen molar-refractivity contribution < 1.29 is 4.74 Å². The molecule has 0 aliphatic carbocycles. The summed E-state index contributed by atoms with van der Waals surface area (Å²) in [4.78, 5) is 8.39. The van der Waals surface area contributed by atoms with Crippen LogP contribution in [0.1, 0.15) is 6.92 Å². The van der Waals surface area contributed by atoms with Crippen LogP contribution in [0.3, 0.4) is 0 Å². The van der Waals surface area contributed by atoms with Gasteiger partial charge in [-0.15, -0.1) is 0 Å². The second kappa shape index (κ2) is 7.30. The molecule has 0 amide bonds. The van der Waals surface area contributed by atoms with Gasteiger partial charge in [-0.25, -0.2) is 4.98 Å². The molecule has 0 N–H and O–H groups in total. The smallest absolute Gasteiger partial charge is 0.233 e. The number of aromatic nitrogens is 2. The fourth-order valence-electron chi connectivity index (χ4n) is 0.768. The normalized spacial score (nSPS) is 9.27. The topological polar surface area (TPSA) is 35.0 Å². The van der Waals surface area contributed by atoms with Crippen molar-refractivity contribution in [2.75, 3.05) is 12.4 Å². The molecule has 1 rings (SSSR count). The van der Waals surface area contributed by atoms with Crippen LogP contribution in [0.15, 0.2) is 15.8 Å². The van der Waals surface area contributed by atoms with Gasteiger partial charge in [-0.05, 0) is 25.6 Å². The zero-order valence-electron chi connectivity index (χ0n) is 7.96. The average Bonchev–Trinajstić information content (AvgIpc) is 2.23. The Morgan fingerprint density at radius 2 is 2.47 bits per heavy atom. The monoisotopic (exact) mass is 398 g/mol. The molecule has 0 fully saturated rings. The van der Waals surface area contributed by atoms with E-state index in [0.717, 1.165) is 15.4 Å². The van der Waals surface area contributed by atoms with E-state index in [4.69, 9.17) is 4.74 Å². The molecule has 0 aliphatic rings. The fourth-order valence-corrected chi connectivity index (χ4v) is 1.76. The zero-order chi connectivity index (χ0) is 11.1. The SMILES string of the molecule is CCSc1ncc(Br)c(OCC#CI)n1. The van der Waals surface area contributed by atoms with Crippen molar-refractivity contribution >= 4 is 50.3 Å². The minimum Gasteiger partial charge on any atom is -0.464 e. The van der Waals surface area contributed by atoms with E-state index in [1.54, 1.807) is 18.0 Å². The van der Waals surface area contributed by atoms with Crippen LogP contribution in [0.5, 0.6) is 5.88 Å². The summed E-state index contributed by atoms with van der Waals surface area (Å²) in [5.41, 5.74) is 0. The molecule has 15 heavy (non-hydrogen) atoms. The van der Waals surface area contributed by atoms with Gasteiger partial charge in [0.1, 0.15) is 0 Å². The van der Waals surface area contributed by atoms with Gasteiger partial charge in [0.05, 0.1) is 4.47 Å². The van der Waals surface area contributed by atoms with Crippen LogP contribution >= 0.6 is 50.3 Å². The Morgan fingerprint density at radius 3 is 3.13 bits per heavy atom. The Morgan fingerprint density at radius 1 is 1.67 bits per heavy atom. The first kappa shape index (κ1) is 13.1. The summed E-state index contributed by atoms with van der Waals surface area (Å²) < 4.78 is 8.85. The third kappa shape index (κ3) is 4.57. The summed E-state index contributed by atoms with van der Waals surface area (Å²) in [5.74, 6) is 4.28. The second-order valence-electron chi connectivity index (χ2n) is 2.30. The Kier molecular flexibility index (Phi) is 6.36. The summed E-state index contributed by atoms with van der Waals surface area (Å²) in [6, 6.07) is 0. The van der Waals surface area contributed by atoms with Crippen molar-refractivity contribution in [2.24, 2.45) is 0 Å². The molecule has 0 spiro atoms. The number of hydrogen-bond donors (Lipinski definition) is 0. The number of nitrogens with zero attached hydrogens (tertiary/aromatic N) is 2. The first-order chi connectivity index (χ1) is 7.27. The van der Waals surface area contributed by atoms with Gasteiger partial charge in [-0.1, -0.05) is 24.6 Å². The van der Waals surface area contributed by atoms with Crippen molar-refractivity contribution in [3.63, 3.8) is 0 Å². The van der Waals surface area contributed by atoms with Crippen molar-refractivity contribution in [1.82, 2.24) is 9.97 Å². The third-order valence-electron chi connectivity index (χ3n) is 1.31. The van der Waals surface area contributed by atoms with Gasteiger partial charge in [0.25, 0.3) is 0 Å². The Hall–Kier alpha value is -0.0000000000000000555. The number of halogens is 2. The number of rotatable bonds is 4. The van der Waals surface area contributed by atoms with E-state index in [9.17, 15) is 0 Å². The molecule has 0 aromatic carbocycles. The maximum absolute atomic E-state index is 5.37. The van der Waals surface area contributed by atoms with Crippen molar-refractivity contribution in [2.45, 2.75) is 12.1 Å². The van der Waals surface area contributed by atoms with E-state index in [2.05, 4.69) is 42.7 Å². The van der Waals surface area contributed by atoms with Crippen molar-refractivity contribution in [3.05, 3.63) is 10.7 Å². The lowest BCUT2D eigenvalue weighted by Gasteiger charge is -2.04. The van der Waals surface area contributed by atoms with E-state index in [0.29, 0.717) is 12.5 Å². The quantitative estimate of drug-likeness (QED) is 0.338. The highest BCUT2D eigenvalue weighted by molar-refractivity contribution is 14.1. The fraction of sp³-hybridized carbons (Fsp3) is 0.333. The molecule has 3 nitrogen and oxygen atoms in total. The molecule has 80 valence electrons. The van der Waals surface area contributed by atoms with Gasteiger partial charge in [0.2, 0.25) is 5.88 Å². The Balaban J connectivity index is 2.74. The second-order valence-corrected chi connectivity index (χ2v) is 4.92. The van der Waals surface area contributed by atoms with Crippen molar-refractivity contribution in [1.29, 1.82) is 0 Å². The molecule has 0 radical (unpaired) electrons. The first-order valence-corrected chi connectivity index (χ1v) is 7.00. The molecular formula is C9H8BrIN2OS. The predicted molar refractivity (Wildman–Crippen MR) is 73.4 cm³/mol. The molecule has 0 unspecified atom stereocenters. The Bertz CT molecular complexity index is 391. The van der Waals surface area contributed by atoms with Crippen LogP contribution < -0.4 is 4.74 Å². The van der Waals surface area contributed by atoms with E-state index in [1.807, 2.05) is 22.6 Å². The van der Waals surface area contributed by atoms with E-state index >= 15 is 0 Å². The lowest BCUT2D eigenvalue weighted by atomic mass is 10.6. The summed E-state index contributed by atoms with van der Waals surface area (Å²) in [5, 5.41) is 0.720. The first-order valence-electron chi connectivity index (χ1n) is 4.14. The highest BCUT2D eigenvalue weighted by Gasteiger charge is 2.05. The Labute approximate surface area is 115 Å². The molecule has 0 saturated heterocycles. The highest BCUT2D eigenvalue weighted by atomic mass is 127. The lowest BCUT2D eigenvalue weighted by molar-refractivity contribution is 0.348. The maximum atomic E-state index is 5.37. The van der Waals surface area contributed by atoms with Crippen LogP contribution in [0, 0.1) is 9.85 Å². The minimum absolute atomic E-state index is 0.342. The zero-order valence-corrected chi connectivity index (χ0v) is 12.5. The standard InChI is InChI=1S/C9H8BrIN2OS/c1-2-15-9-12-6-7(10)8(13-9)14-5-3-4-11/h6H,2,5H2,1H3. The van der Waals surface area contributed by atoms with Gasteiger partial charge < -0.3 is 4.74 Å². The summed E-state index contributed by atoms with van der Waals surface area (Å²) in [6.45, 7) is 2.40. The molecule has 1 heterocycles. The summed E-state index contributed by atoms with van der Waals surface area (Å²) in [6.07, 6.45) is 1.69. The van der Waals surface area contributed by atoms with Gasteiger partial charge in [-0.2, -0.15) is 4.98 Å². The van der Waals surface area contributed by atoms with E-state index in [-0.39, 0.29) is 0 Å². The van der Waals surface area contributed by atoms with Crippen LogP contribution in [0.4, 0.5) is 0 Å². The number of hydrogen-bond acceptors (Lipinski definition) is 4. The number of thioether (sulfide) groups is 1. The summed E-state index contributed by atoms with van der Waals surface area (Å²) >= 11 is 6.87. The predicted octanol–water partition coefficient (Wildman–Crippen LogP) is 3.13. The van der Waals surface area contributed by atoms with Gasteiger partial charge in [0.15, 0.2) is 11.8 Å². The molecule has 1 aromatic heterocycles. The molecule has 0 atom stereocenters. The van der Waals surface area contributed by atoms with Gasteiger partial charge >= 0.3 is 0 Å². The van der Waals surface area contributed by atoms with E-state index < -0.39 is 0 Å². The third-order valence-corrected chi connectivity index (χ3v) is 2.98. The molecule has 6 heteroatoms. The molecule has 0 aliphatic heterocycles. The number of ether oxygens (including phenoxy) is 1. The molecule has 0 saturated carbocycles. The van der Waals surface area contributed by atoms with Crippen LogP contribution in [-0.2, 0) is 0 Å². The molecule has 0 bridgehead atoms. The molecule has 1 aromatic rings. The molecular weight excluding hydrogens is 391 g/mol. The van der Waals surface area contributed by atoms with Crippen LogP contribution in [0.2, 0.25) is 0 Å². The average molecular weight is 399 g/mol. The lowest BCUT2D eigenvalue weighted by Crippen LogP contribution is -1.99. The minimum atomic E-state index is 0.342. The van der Waals surface area contributed by atoms with Gasteiger partial charge in [0, 0.05) is 28.8 Å². The van der Waals surface area contributed by atoms with Crippen LogP contribution in [-0.4, -0.2) is 22.3 Å². The van der Waals surface area contributed by atoms with Crippen LogP contribution in [0.25, 0.3) is 0 Å². The van der Waals surface area contributed by atoms with E-state index in [1.165, 1.54) is 0 Å². The van der Waals surface area contributed by atoms with Crippen molar-refractivity contribution in [3.8, 4) is 15.7 Å². The van der Waals surface area contributed by atoms with Gasteiger partial charge in [-0.3, -0.25) is 0 Å². The summed E-state index contributed by atoms with van der Waals surface area (Å²) in [7, 11) is 0. The maximum Gasteiger partial charge on any atom is 0.233 e.